The summed E-state index contributed by atoms with van der Waals surface area (Å²) in [5.41, 5.74) is 0. The fourth-order valence-corrected chi connectivity index (χ4v) is 1.39. The lowest BCUT2D eigenvalue weighted by molar-refractivity contribution is 0.192. The van der Waals surface area contributed by atoms with Crippen molar-refractivity contribution < 1.29 is 4.74 Å². The van der Waals surface area contributed by atoms with Crippen LogP contribution in [0.5, 0.6) is 0 Å². The maximum Gasteiger partial charge on any atom is 0.140 e. The summed E-state index contributed by atoms with van der Waals surface area (Å²) in [6.45, 7) is 5.57. The number of aromatic nitrogens is 3. The number of hydrogen-bond acceptors (Lipinski definition) is 4. The molecule has 0 aliphatic heterocycles. The lowest BCUT2D eigenvalue weighted by atomic mass is 10.3. The van der Waals surface area contributed by atoms with Crippen molar-refractivity contribution in [2.24, 2.45) is 0 Å². The van der Waals surface area contributed by atoms with Crippen molar-refractivity contribution in [1.29, 1.82) is 0 Å². The van der Waals surface area contributed by atoms with Crippen LogP contribution in [0.3, 0.4) is 0 Å². The van der Waals surface area contributed by atoms with Crippen LogP contribution in [0.4, 0.5) is 0 Å². The largest absolute Gasteiger partial charge is 0.385 e. The summed E-state index contributed by atoms with van der Waals surface area (Å²) >= 11 is 0. The normalized spacial score (nSPS) is 10.8. The van der Waals surface area contributed by atoms with E-state index in [1.807, 2.05) is 4.68 Å². The lowest BCUT2D eigenvalue weighted by Crippen LogP contribution is -2.18. The van der Waals surface area contributed by atoms with Gasteiger partial charge in [-0.3, -0.25) is 0 Å². The Kier molecular flexibility index (Phi) is 5.96. The zero-order chi connectivity index (χ0) is 10.9. The Bertz CT molecular complexity index is 262. The molecule has 0 saturated carbocycles. The summed E-state index contributed by atoms with van der Waals surface area (Å²) in [5, 5.41) is 7.45. The third kappa shape index (κ3) is 4.40. The average Bonchev–Trinajstić information content (AvgIpc) is 2.70. The van der Waals surface area contributed by atoms with Crippen LogP contribution in [0.25, 0.3) is 0 Å². The van der Waals surface area contributed by atoms with Crippen molar-refractivity contribution in [1.82, 2.24) is 20.1 Å². The number of ether oxygens (including phenoxy) is 1. The second-order valence-corrected chi connectivity index (χ2v) is 3.37. The van der Waals surface area contributed by atoms with Crippen LogP contribution in [-0.4, -0.2) is 35.0 Å². The standard InChI is InChI=1S/C10H20N4O/c1-3-14-10(12-9-13-14)8-11-6-4-5-7-15-2/h9,11H,3-8H2,1-2H3. The minimum absolute atomic E-state index is 0.792. The first-order valence-corrected chi connectivity index (χ1v) is 5.44. The topological polar surface area (TPSA) is 52.0 Å². The summed E-state index contributed by atoms with van der Waals surface area (Å²) in [6.07, 6.45) is 3.84. The highest BCUT2D eigenvalue weighted by Crippen LogP contribution is 1.93. The highest BCUT2D eigenvalue weighted by atomic mass is 16.5. The predicted molar refractivity (Wildman–Crippen MR) is 58.5 cm³/mol. The predicted octanol–water partition coefficient (Wildman–Crippen LogP) is 0.814. The number of hydrogen-bond donors (Lipinski definition) is 1. The molecule has 1 N–H and O–H groups in total. The molecule has 0 aromatic carbocycles. The Balaban J connectivity index is 2.09. The van der Waals surface area contributed by atoms with Gasteiger partial charge in [-0.05, 0) is 26.3 Å². The molecule has 0 amide bonds. The SMILES string of the molecule is CCn1ncnc1CNCCCCOC. The molecule has 1 aromatic rings. The molecule has 5 nitrogen and oxygen atoms in total. The summed E-state index contributed by atoms with van der Waals surface area (Å²) < 4.78 is 6.88. The van der Waals surface area contributed by atoms with Gasteiger partial charge in [0.25, 0.3) is 0 Å². The van der Waals surface area contributed by atoms with E-state index < -0.39 is 0 Å². The number of aryl methyl sites for hydroxylation is 1. The van der Waals surface area contributed by atoms with Crippen molar-refractivity contribution in [3.63, 3.8) is 0 Å². The maximum absolute atomic E-state index is 4.98. The van der Waals surface area contributed by atoms with Crippen molar-refractivity contribution >= 4 is 0 Å². The summed E-state index contributed by atoms with van der Waals surface area (Å²) in [6, 6.07) is 0. The zero-order valence-electron chi connectivity index (χ0n) is 9.57. The molecule has 5 heteroatoms. The van der Waals surface area contributed by atoms with Gasteiger partial charge in [0.2, 0.25) is 0 Å². The molecule has 0 aliphatic carbocycles. The first kappa shape index (κ1) is 12.1. The maximum atomic E-state index is 4.98. The number of methoxy groups -OCH3 is 1. The van der Waals surface area contributed by atoms with Gasteiger partial charge in [0.1, 0.15) is 12.2 Å². The Morgan fingerprint density at radius 3 is 3.07 bits per heavy atom. The van der Waals surface area contributed by atoms with E-state index in [0.29, 0.717) is 0 Å². The fourth-order valence-electron chi connectivity index (χ4n) is 1.39. The van der Waals surface area contributed by atoms with Gasteiger partial charge < -0.3 is 10.1 Å². The van der Waals surface area contributed by atoms with E-state index in [1.165, 1.54) is 0 Å². The van der Waals surface area contributed by atoms with E-state index in [0.717, 1.165) is 44.9 Å². The van der Waals surface area contributed by atoms with E-state index in [-0.39, 0.29) is 0 Å². The Labute approximate surface area is 90.8 Å². The van der Waals surface area contributed by atoms with E-state index in [2.05, 4.69) is 22.3 Å². The van der Waals surface area contributed by atoms with Crippen molar-refractivity contribution in [3.05, 3.63) is 12.2 Å². The van der Waals surface area contributed by atoms with Crippen LogP contribution in [-0.2, 0) is 17.8 Å². The van der Waals surface area contributed by atoms with Crippen LogP contribution in [0.2, 0.25) is 0 Å². The monoisotopic (exact) mass is 212 g/mol. The molecule has 0 aliphatic rings. The highest BCUT2D eigenvalue weighted by Gasteiger charge is 2.00. The molecule has 86 valence electrons. The first-order valence-electron chi connectivity index (χ1n) is 5.44. The molecule has 0 atom stereocenters. The van der Waals surface area contributed by atoms with Crippen LogP contribution in [0.1, 0.15) is 25.6 Å². The summed E-state index contributed by atoms with van der Waals surface area (Å²) in [7, 11) is 1.73. The number of unbranched alkanes of at least 4 members (excludes halogenated alkanes) is 1. The number of nitrogens with one attached hydrogen (secondary N) is 1. The van der Waals surface area contributed by atoms with Crippen molar-refractivity contribution in [2.45, 2.75) is 32.9 Å². The van der Waals surface area contributed by atoms with Crippen molar-refractivity contribution in [3.8, 4) is 0 Å². The molecule has 15 heavy (non-hydrogen) atoms. The molecule has 1 rings (SSSR count). The molecule has 1 heterocycles. The molecular weight excluding hydrogens is 192 g/mol. The minimum Gasteiger partial charge on any atom is -0.385 e. The molecule has 0 unspecified atom stereocenters. The lowest BCUT2D eigenvalue weighted by Gasteiger charge is -2.05. The fraction of sp³-hybridized carbons (Fsp3) is 0.800. The number of rotatable bonds is 8. The van der Waals surface area contributed by atoms with Crippen LogP contribution in [0, 0.1) is 0 Å². The molecule has 0 bridgehead atoms. The van der Waals surface area contributed by atoms with Gasteiger partial charge in [0.05, 0.1) is 6.54 Å². The van der Waals surface area contributed by atoms with Gasteiger partial charge in [-0.2, -0.15) is 5.10 Å². The quantitative estimate of drug-likeness (QED) is 0.648. The Hall–Kier alpha value is -0.940. The van der Waals surface area contributed by atoms with Crippen molar-refractivity contribution in [2.75, 3.05) is 20.3 Å². The van der Waals surface area contributed by atoms with Gasteiger partial charge in [0, 0.05) is 20.3 Å². The average molecular weight is 212 g/mol. The molecule has 0 radical (unpaired) electrons. The van der Waals surface area contributed by atoms with Gasteiger partial charge >= 0.3 is 0 Å². The van der Waals surface area contributed by atoms with E-state index in [4.69, 9.17) is 4.74 Å². The Morgan fingerprint density at radius 2 is 2.33 bits per heavy atom. The van der Waals surface area contributed by atoms with Crippen LogP contribution in [0.15, 0.2) is 6.33 Å². The third-order valence-corrected chi connectivity index (χ3v) is 2.23. The minimum atomic E-state index is 0.792. The van der Waals surface area contributed by atoms with Gasteiger partial charge in [0.15, 0.2) is 0 Å². The molecule has 0 fully saturated rings. The molecule has 0 spiro atoms. The van der Waals surface area contributed by atoms with Gasteiger partial charge in [-0.25, -0.2) is 9.67 Å². The summed E-state index contributed by atoms with van der Waals surface area (Å²) in [4.78, 5) is 4.19. The van der Waals surface area contributed by atoms with Crippen LogP contribution < -0.4 is 5.32 Å². The van der Waals surface area contributed by atoms with E-state index in [1.54, 1.807) is 13.4 Å². The molecule has 0 saturated heterocycles. The first-order chi connectivity index (χ1) is 7.38. The Morgan fingerprint density at radius 1 is 1.47 bits per heavy atom. The van der Waals surface area contributed by atoms with E-state index in [9.17, 15) is 0 Å². The highest BCUT2D eigenvalue weighted by molar-refractivity contribution is 4.83. The summed E-state index contributed by atoms with van der Waals surface area (Å²) in [5.74, 6) is 1.00. The third-order valence-electron chi connectivity index (χ3n) is 2.23. The van der Waals surface area contributed by atoms with Gasteiger partial charge in [-0.15, -0.1) is 0 Å². The second-order valence-electron chi connectivity index (χ2n) is 3.37. The smallest absolute Gasteiger partial charge is 0.140 e. The van der Waals surface area contributed by atoms with E-state index >= 15 is 0 Å². The molecular formula is C10H20N4O. The zero-order valence-corrected chi connectivity index (χ0v) is 9.57. The molecule has 1 aromatic heterocycles. The number of nitrogens with zero attached hydrogens (tertiary/aromatic N) is 3. The van der Waals surface area contributed by atoms with Crippen LogP contribution >= 0.6 is 0 Å². The second kappa shape index (κ2) is 7.36. The van der Waals surface area contributed by atoms with Gasteiger partial charge in [-0.1, -0.05) is 0 Å².